The van der Waals surface area contributed by atoms with Crippen LogP contribution in [-0.4, -0.2) is 108 Å². The summed E-state index contributed by atoms with van der Waals surface area (Å²) >= 11 is 1.59. The molecule has 1 aromatic heterocycles. The zero-order valence-electron chi connectivity index (χ0n) is 34.1. The first-order chi connectivity index (χ1) is 27.3. The fourth-order valence-corrected chi connectivity index (χ4v) is 8.62. The molecule has 1 aliphatic carbocycles. The first kappa shape index (κ1) is 42.2. The van der Waals surface area contributed by atoms with Gasteiger partial charge >= 0.3 is 0 Å². The number of piperazine rings is 1. The Morgan fingerprint density at radius 1 is 0.965 bits per heavy atom. The number of aliphatic hydroxyl groups is 1. The van der Waals surface area contributed by atoms with E-state index in [2.05, 4.69) is 36.3 Å². The quantitative estimate of drug-likeness (QED) is 0.140. The summed E-state index contributed by atoms with van der Waals surface area (Å²) in [5.41, 5.74) is 11.7. The number of β-amino-alcohol motifs (C(OH)–C–C–N with tert-alkyl or cyclic N) is 1. The molecule has 4 amide bonds. The summed E-state index contributed by atoms with van der Waals surface area (Å²) in [4.78, 5) is 65.1. The third-order valence-electron chi connectivity index (χ3n) is 11.6. The summed E-state index contributed by atoms with van der Waals surface area (Å²) in [5.74, 6) is -0.370. The number of carbonyl (C=O) groups is 4. The van der Waals surface area contributed by atoms with Crippen LogP contribution in [0.5, 0.6) is 0 Å². The van der Waals surface area contributed by atoms with Crippen molar-refractivity contribution in [3.63, 3.8) is 0 Å². The Morgan fingerprint density at radius 2 is 1.67 bits per heavy atom. The van der Waals surface area contributed by atoms with E-state index in [0.29, 0.717) is 17.9 Å². The molecule has 3 aliphatic rings. The zero-order valence-corrected chi connectivity index (χ0v) is 34.9. The fourth-order valence-electron chi connectivity index (χ4n) is 7.81. The number of hydrogen-bond acceptors (Lipinski definition) is 10. The van der Waals surface area contributed by atoms with Gasteiger partial charge in [0.2, 0.25) is 17.7 Å². The summed E-state index contributed by atoms with van der Waals surface area (Å²) in [6.07, 6.45) is 3.93. The highest BCUT2D eigenvalue weighted by Crippen LogP contribution is 2.30. The minimum Gasteiger partial charge on any atom is -0.391 e. The summed E-state index contributed by atoms with van der Waals surface area (Å²) in [6.45, 7) is 14.6. The predicted octanol–water partition coefficient (Wildman–Crippen LogP) is 4.43. The van der Waals surface area contributed by atoms with Crippen molar-refractivity contribution in [2.24, 2.45) is 11.3 Å². The monoisotopic (exact) mass is 800 g/mol. The minimum absolute atomic E-state index is 0.0277. The van der Waals surface area contributed by atoms with E-state index < -0.39 is 23.6 Å². The molecule has 5 N–H and O–H groups in total. The average Bonchev–Trinajstić information content (AvgIpc) is 3.79. The Morgan fingerprint density at radius 3 is 2.28 bits per heavy atom. The number of rotatable bonds is 15. The standard InChI is InChI=1S/C43H60N8O5S/c1-28(31-11-13-32(14-12-31)38-29(2)44-27-57-38)46-41(55)36-24-35(52)26-51(36)42(56)39(43(3,4)5)47-37(53)10-7-19-49-20-22-50(23-21-49)34-17-15-33(16-18-34)40(54)48-45-25-30-8-6-9-30/h11-18,27-28,30,35-36,39,45,52H,6-10,19-26H2,1-5H3,(H,46,55)(H,47,53)(H,48,54)/t28-,35+,36-,39+/m0/s1. The van der Waals surface area contributed by atoms with E-state index >= 15 is 0 Å². The fraction of sp³-hybridized carbons (Fsp3) is 0.558. The highest BCUT2D eigenvalue weighted by Gasteiger charge is 2.44. The average molecular weight is 801 g/mol. The van der Waals surface area contributed by atoms with E-state index in [1.807, 2.05) is 88.7 Å². The number of likely N-dealkylation sites (tertiary alicyclic amines) is 1. The van der Waals surface area contributed by atoms with Crippen molar-refractivity contribution >= 4 is 40.7 Å². The van der Waals surface area contributed by atoms with Crippen molar-refractivity contribution in [2.75, 3.05) is 50.7 Å². The molecule has 1 saturated carbocycles. The van der Waals surface area contributed by atoms with Crippen LogP contribution in [0.1, 0.15) is 93.9 Å². The molecule has 3 aromatic rings. The molecule has 13 nitrogen and oxygen atoms in total. The Balaban J connectivity index is 0.944. The first-order valence-electron chi connectivity index (χ1n) is 20.5. The molecule has 2 aliphatic heterocycles. The topological polar surface area (TPSA) is 159 Å². The summed E-state index contributed by atoms with van der Waals surface area (Å²) < 4.78 is 0. The second-order valence-corrected chi connectivity index (χ2v) is 17.8. The van der Waals surface area contributed by atoms with Gasteiger partial charge in [-0.2, -0.15) is 0 Å². The number of aryl methyl sites for hydroxylation is 1. The van der Waals surface area contributed by atoms with Gasteiger partial charge in [0, 0.05) is 63.4 Å². The van der Waals surface area contributed by atoms with Gasteiger partial charge in [-0.25, -0.2) is 10.4 Å². The van der Waals surface area contributed by atoms with Crippen molar-refractivity contribution in [3.05, 3.63) is 70.9 Å². The van der Waals surface area contributed by atoms with E-state index in [0.717, 1.165) is 66.7 Å². The van der Waals surface area contributed by atoms with Gasteiger partial charge in [0.15, 0.2) is 0 Å². The van der Waals surface area contributed by atoms with Crippen LogP contribution in [0.25, 0.3) is 10.4 Å². The van der Waals surface area contributed by atoms with Gasteiger partial charge in [-0.05, 0) is 86.4 Å². The van der Waals surface area contributed by atoms with Gasteiger partial charge < -0.3 is 25.5 Å². The Labute approximate surface area is 340 Å². The highest BCUT2D eigenvalue weighted by atomic mass is 32.1. The van der Waals surface area contributed by atoms with Crippen LogP contribution in [-0.2, 0) is 14.4 Å². The van der Waals surface area contributed by atoms with Crippen LogP contribution >= 0.6 is 11.3 Å². The van der Waals surface area contributed by atoms with Crippen molar-refractivity contribution in [1.82, 2.24) is 36.3 Å². The molecule has 0 spiro atoms. The van der Waals surface area contributed by atoms with Gasteiger partial charge in [0.25, 0.3) is 5.91 Å². The number of nitrogens with zero attached hydrogens (tertiary/aromatic N) is 4. The van der Waals surface area contributed by atoms with Crippen LogP contribution in [0.2, 0.25) is 0 Å². The van der Waals surface area contributed by atoms with Crippen LogP contribution < -0.4 is 26.4 Å². The lowest BCUT2D eigenvalue weighted by Gasteiger charge is -2.36. The normalized spacial score (nSPS) is 20.1. The molecule has 3 heterocycles. The maximum absolute atomic E-state index is 14.1. The second kappa shape index (κ2) is 18.9. The largest absolute Gasteiger partial charge is 0.391 e. The maximum Gasteiger partial charge on any atom is 0.265 e. The van der Waals surface area contributed by atoms with E-state index in [9.17, 15) is 24.3 Å². The third-order valence-corrected chi connectivity index (χ3v) is 12.6. The molecular formula is C43H60N8O5S. The Kier molecular flexibility index (Phi) is 14.0. The van der Waals surface area contributed by atoms with Crippen LogP contribution in [0, 0.1) is 18.3 Å². The SMILES string of the molecule is Cc1ncsc1-c1ccc([C@H](C)NC(=O)[C@@H]2C[C@@H](O)CN2C(=O)[C@@H](NC(=O)CCCN2CCN(c3ccc(C(=O)NNCC4CCC4)cc3)CC2)C(C)(C)C)cc1. The number of aromatic nitrogens is 1. The minimum atomic E-state index is -0.865. The second-order valence-electron chi connectivity index (χ2n) is 17.0. The first-order valence-corrected chi connectivity index (χ1v) is 21.3. The lowest BCUT2D eigenvalue weighted by atomic mass is 9.85. The number of carbonyl (C=O) groups excluding carboxylic acids is 4. The van der Waals surface area contributed by atoms with E-state index in [4.69, 9.17) is 0 Å². The van der Waals surface area contributed by atoms with Crippen molar-refractivity contribution in [3.8, 4) is 10.4 Å². The van der Waals surface area contributed by atoms with Crippen LogP contribution in [0.4, 0.5) is 5.69 Å². The number of hydrazine groups is 1. The van der Waals surface area contributed by atoms with Crippen molar-refractivity contribution in [1.29, 1.82) is 0 Å². The van der Waals surface area contributed by atoms with Crippen molar-refractivity contribution < 1.29 is 24.3 Å². The smallest absolute Gasteiger partial charge is 0.265 e. The number of hydrogen-bond donors (Lipinski definition) is 5. The van der Waals surface area contributed by atoms with Crippen LogP contribution in [0.3, 0.4) is 0 Å². The van der Waals surface area contributed by atoms with E-state index in [1.165, 1.54) is 24.2 Å². The number of amides is 4. The number of benzene rings is 2. The molecule has 14 heteroatoms. The molecule has 57 heavy (non-hydrogen) atoms. The van der Waals surface area contributed by atoms with E-state index in [1.54, 1.807) is 11.3 Å². The number of nitrogens with one attached hydrogen (secondary N) is 4. The number of anilines is 1. The molecule has 0 unspecified atom stereocenters. The summed E-state index contributed by atoms with van der Waals surface area (Å²) in [6, 6.07) is 13.7. The maximum atomic E-state index is 14.1. The molecule has 2 saturated heterocycles. The molecular weight excluding hydrogens is 741 g/mol. The Hall–Kier alpha value is -4.37. The summed E-state index contributed by atoms with van der Waals surface area (Å²) in [5, 5.41) is 16.7. The van der Waals surface area contributed by atoms with Crippen LogP contribution in [0.15, 0.2) is 54.0 Å². The molecule has 0 bridgehead atoms. The van der Waals surface area contributed by atoms with Gasteiger partial charge in [-0.3, -0.25) is 29.5 Å². The Bertz CT molecular complexity index is 1830. The number of thiazole rings is 1. The molecule has 3 fully saturated rings. The lowest BCUT2D eigenvalue weighted by Crippen LogP contribution is -2.57. The third kappa shape index (κ3) is 11.0. The molecule has 0 radical (unpaired) electrons. The molecule has 2 aromatic carbocycles. The lowest BCUT2D eigenvalue weighted by molar-refractivity contribution is -0.144. The van der Waals surface area contributed by atoms with E-state index in [-0.39, 0.29) is 49.1 Å². The molecule has 6 rings (SSSR count). The summed E-state index contributed by atoms with van der Waals surface area (Å²) in [7, 11) is 0. The zero-order chi connectivity index (χ0) is 40.7. The van der Waals surface area contributed by atoms with Gasteiger partial charge in [-0.15, -0.1) is 11.3 Å². The van der Waals surface area contributed by atoms with Gasteiger partial charge in [0.05, 0.1) is 28.2 Å². The highest BCUT2D eigenvalue weighted by molar-refractivity contribution is 7.13. The molecule has 308 valence electrons. The molecule has 4 atom stereocenters. The van der Waals surface area contributed by atoms with Gasteiger partial charge in [0.1, 0.15) is 12.1 Å². The van der Waals surface area contributed by atoms with Crippen molar-refractivity contribution in [2.45, 2.75) is 97.4 Å². The predicted molar refractivity (Wildman–Crippen MR) is 223 cm³/mol. The van der Waals surface area contributed by atoms with Gasteiger partial charge in [-0.1, -0.05) is 51.5 Å². The number of aliphatic hydroxyl groups excluding tert-OH is 1.